The minimum Gasteiger partial charge on any atom is -0.369 e. The number of alkyl halides is 6. The van der Waals surface area contributed by atoms with Gasteiger partial charge in [0.2, 0.25) is 5.95 Å². The number of halogens is 6. The number of hydrogen-bond acceptors (Lipinski definition) is 7. The molecule has 1 aliphatic heterocycles. The lowest BCUT2D eigenvalue weighted by Gasteiger charge is -2.34. The summed E-state index contributed by atoms with van der Waals surface area (Å²) in [5.41, 5.74) is -6.49. The van der Waals surface area contributed by atoms with Gasteiger partial charge in [0.15, 0.2) is 0 Å². The summed E-state index contributed by atoms with van der Waals surface area (Å²) in [5, 5.41) is 11.3. The summed E-state index contributed by atoms with van der Waals surface area (Å²) >= 11 is 3.18. The molecule has 13 heteroatoms. The highest BCUT2D eigenvalue weighted by molar-refractivity contribution is 7.98. The van der Waals surface area contributed by atoms with Crippen LogP contribution in [0.15, 0.2) is 34.1 Å². The third kappa shape index (κ3) is 5.82. The molecule has 31 heavy (non-hydrogen) atoms. The van der Waals surface area contributed by atoms with E-state index < -0.39 is 23.5 Å². The zero-order valence-electron chi connectivity index (χ0n) is 16.1. The Kier molecular flexibility index (Phi) is 8.21. The summed E-state index contributed by atoms with van der Waals surface area (Å²) in [5.74, 6) is 2.26. The smallest absolute Gasteiger partial charge is 0.369 e. The summed E-state index contributed by atoms with van der Waals surface area (Å²) in [4.78, 5) is 8.92. The highest BCUT2D eigenvalue weighted by Gasteiger charge is 2.71. The number of aliphatic hydroxyl groups is 1. The number of terminal acetylenes is 1. The zero-order valence-corrected chi connectivity index (χ0v) is 17.7. The van der Waals surface area contributed by atoms with Gasteiger partial charge in [-0.25, -0.2) is 14.3 Å². The first-order valence-corrected chi connectivity index (χ1v) is 10.4. The van der Waals surface area contributed by atoms with Crippen molar-refractivity contribution in [3.63, 3.8) is 0 Å². The van der Waals surface area contributed by atoms with Gasteiger partial charge in [0.1, 0.15) is 0 Å². The molecule has 0 aromatic carbocycles. The molecule has 0 bridgehead atoms. The highest BCUT2D eigenvalue weighted by Crippen LogP contribution is 2.49. The number of nitrogens with zero attached hydrogens (tertiary/aromatic N) is 4. The first kappa shape index (κ1) is 25.3. The summed E-state index contributed by atoms with van der Waals surface area (Å²) in [6.45, 7) is 3.80. The average molecular weight is 484 g/mol. The third-order valence-electron chi connectivity index (χ3n) is 4.11. The Morgan fingerprint density at radius 1 is 1.06 bits per heavy atom. The van der Waals surface area contributed by atoms with Gasteiger partial charge in [-0.05, 0) is 30.3 Å². The van der Waals surface area contributed by atoms with E-state index in [0.29, 0.717) is 38.6 Å². The number of hydrogen-bond donors (Lipinski definition) is 1. The number of rotatable bonds is 4. The number of aromatic nitrogens is 2. The topological polar surface area (TPSA) is 52.5 Å². The van der Waals surface area contributed by atoms with Crippen molar-refractivity contribution in [2.24, 2.45) is 0 Å². The maximum Gasteiger partial charge on any atom is 0.430 e. The van der Waals surface area contributed by atoms with E-state index in [9.17, 15) is 31.4 Å². The molecule has 0 spiro atoms. The molecule has 2 aromatic rings. The molecular weight excluding hydrogens is 466 g/mol. The molecule has 1 N–H and O–H groups in total. The SMILES string of the molecule is C#CC.OC(c1cnc(N2CCN(Sc3cccs3)CC2)nc1)(C(F)(F)F)C(F)(F)F. The second kappa shape index (κ2) is 10.1. The van der Waals surface area contributed by atoms with Gasteiger partial charge >= 0.3 is 12.4 Å². The lowest BCUT2D eigenvalue weighted by molar-refractivity contribution is -0.376. The molecule has 0 unspecified atom stereocenters. The van der Waals surface area contributed by atoms with E-state index >= 15 is 0 Å². The van der Waals surface area contributed by atoms with Gasteiger partial charge in [-0.2, -0.15) is 26.3 Å². The zero-order chi connectivity index (χ0) is 23.3. The van der Waals surface area contributed by atoms with Crippen LogP contribution in [0.1, 0.15) is 12.5 Å². The van der Waals surface area contributed by atoms with Crippen LogP contribution in [0.5, 0.6) is 0 Å². The van der Waals surface area contributed by atoms with Crippen LogP contribution in [0.4, 0.5) is 32.3 Å². The second-order valence-electron chi connectivity index (χ2n) is 6.21. The van der Waals surface area contributed by atoms with E-state index in [1.54, 1.807) is 35.1 Å². The van der Waals surface area contributed by atoms with E-state index in [2.05, 4.69) is 26.6 Å². The number of piperazine rings is 1. The van der Waals surface area contributed by atoms with Gasteiger partial charge < -0.3 is 10.0 Å². The van der Waals surface area contributed by atoms with E-state index in [-0.39, 0.29) is 5.95 Å². The first-order chi connectivity index (χ1) is 14.4. The molecule has 1 aliphatic rings. The van der Waals surface area contributed by atoms with Crippen LogP contribution in [0, 0.1) is 12.3 Å². The fourth-order valence-corrected chi connectivity index (χ4v) is 4.42. The normalized spacial score (nSPS) is 15.8. The molecule has 1 fully saturated rings. The molecule has 0 amide bonds. The predicted octanol–water partition coefficient (Wildman–Crippen LogP) is 4.32. The molecule has 2 aromatic heterocycles. The van der Waals surface area contributed by atoms with Crippen LogP contribution in [-0.4, -0.2) is 57.9 Å². The summed E-state index contributed by atoms with van der Waals surface area (Å²) < 4.78 is 80.6. The van der Waals surface area contributed by atoms with Crippen molar-refractivity contribution in [3.8, 4) is 12.3 Å². The van der Waals surface area contributed by atoms with Crippen LogP contribution in [0.25, 0.3) is 0 Å². The van der Waals surface area contributed by atoms with Crippen molar-refractivity contribution < 1.29 is 31.4 Å². The predicted molar refractivity (Wildman–Crippen MR) is 107 cm³/mol. The molecule has 170 valence electrons. The molecule has 1 saturated heterocycles. The average Bonchev–Trinajstić information content (AvgIpc) is 3.20. The van der Waals surface area contributed by atoms with Gasteiger partial charge in [0.05, 0.1) is 4.21 Å². The number of anilines is 1. The Labute approximate surface area is 183 Å². The maximum absolute atomic E-state index is 12.9. The van der Waals surface area contributed by atoms with Crippen LogP contribution in [0.3, 0.4) is 0 Å². The largest absolute Gasteiger partial charge is 0.430 e. The van der Waals surface area contributed by atoms with Crippen LogP contribution < -0.4 is 4.90 Å². The van der Waals surface area contributed by atoms with Crippen molar-refractivity contribution in [2.45, 2.75) is 29.1 Å². The Hall–Kier alpha value is -2.01. The van der Waals surface area contributed by atoms with E-state index in [0.717, 1.165) is 4.21 Å². The maximum atomic E-state index is 12.9. The van der Waals surface area contributed by atoms with Crippen molar-refractivity contribution in [3.05, 3.63) is 35.5 Å². The Morgan fingerprint density at radius 3 is 2.00 bits per heavy atom. The van der Waals surface area contributed by atoms with Crippen molar-refractivity contribution in [1.29, 1.82) is 0 Å². The van der Waals surface area contributed by atoms with Gasteiger partial charge in [0, 0.05) is 44.1 Å². The number of thiophene rings is 1. The van der Waals surface area contributed by atoms with Gasteiger partial charge in [-0.15, -0.1) is 23.7 Å². The van der Waals surface area contributed by atoms with Gasteiger partial charge in [0.25, 0.3) is 5.60 Å². The minimum absolute atomic E-state index is 0.0104. The van der Waals surface area contributed by atoms with Crippen molar-refractivity contribution in [2.75, 3.05) is 31.1 Å². The fourth-order valence-electron chi connectivity index (χ4n) is 2.58. The van der Waals surface area contributed by atoms with E-state index in [1.807, 2.05) is 17.5 Å². The summed E-state index contributed by atoms with van der Waals surface area (Å²) in [6.07, 6.45) is -6.58. The molecule has 5 nitrogen and oxygen atoms in total. The van der Waals surface area contributed by atoms with E-state index in [4.69, 9.17) is 0 Å². The lowest BCUT2D eigenvalue weighted by atomic mass is 9.95. The third-order valence-corrected chi connectivity index (χ3v) is 6.23. The van der Waals surface area contributed by atoms with Crippen LogP contribution in [0.2, 0.25) is 0 Å². The summed E-state index contributed by atoms with van der Waals surface area (Å²) in [7, 11) is 0. The monoisotopic (exact) mass is 484 g/mol. The molecule has 0 atom stereocenters. The molecule has 0 aliphatic carbocycles. The fraction of sp³-hybridized carbons (Fsp3) is 0.444. The Morgan fingerprint density at radius 2 is 1.58 bits per heavy atom. The van der Waals surface area contributed by atoms with Crippen LogP contribution >= 0.6 is 23.3 Å². The first-order valence-electron chi connectivity index (χ1n) is 8.71. The van der Waals surface area contributed by atoms with E-state index in [1.165, 1.54) is 0 Å². The highest BCUT2D eigenvalue weighted by atomic mass is 32.2. The minimum atomic E-state index is -5.96. The quantitative estimate of drug-likeness (QED) is 0.397. The van der Waals surface area contributed by atoms with Crippen molar-refractivity contribution >= 4 is 29.2 Å². The van der Waals surface area contributed by atoms with Crippen molar-refractivity contribution in [1.82, 2.24) is 14.3 Å². The van der Waals surface area contributed by atoms with Gasteiger partial charge in [-0.1, -0.05) is 6.07 Å². The Balaban J connectivity index is 0.00000107. The van der Waals surface area contributed by atoms with Crippen LogP contribution in [-0.2, 0) is 5.60 Å². The Bertz CT molecular complexity index is 843. The second-order valence-corrected chi connectivity index (χ2v) is 8.55. The van der Waals surface area contributed by atoms with Gasteiger partial charge in [-0.3, -0.25) is 0 Å². The lowest BCUT2D eigenvalue weighted by Crippen LogP contribution is -2.54. The molecule has 3 rings (SSSR count). The molecular formula is C18H18F6N4OS2. The standard InChI is InChI=1S/C15H14F6N4OS2.C3H4/c16-14(17,18)13(26,15(19,20)21)10-8-22-12(23-9-10)24-3-5-25(6-4-24)28-11-2-1-7-27-11;1-3-2/h1-2,7-9,26H,3-6H2;1H,2H3. The summed E-state index contributed by atoms with van der Waals surface area (Å²) in [6, 6.07) is 3.91. The molecule has 0 saturated carbocycles. The molecule has 3 heterocycles. The molecule has 0 radical (unpaired) electrons.